The lowest BCUT2D eigenvalue weighted by atomic mass is 9.99. The monoisotopic (exact) mass is 409 g/mol. The number of benzene rings is 3. The number of rotatable bonds is 5. The fourth-order valence-corrected chi connectivity index (χ4v) is 3.47. The van der Waals surface area contributed by atoms with E-state index in [-0.39, 0.29) is 5.91 Å². The van der Waals surface area contributed by atoms with Gasteiger partial charge in [0, 0.05) is 22.2 Å². The number of carbonyl (C=O) groups is 2. The van der Waals surface area contributed by atoms with Crippen LogP contribution >= 0.6 is 0 Å². The first-order chi connectivity index (χ1) is 14.9. The van der Waals surface area contributed by atoms with Crippen molar-refractivity contribution in [1.82, 2.24) is 4.98 Å². The molecule has 4 rings (SSSR count). The van der Waals surface area contributed by atoms with Crippen LogP contribution in [0.15, 0.2) is 78.9 Å². The van der Waals surface area contributed by atoms with Gasteiger partial charge in [-0.3, -0.25) is 9.59 Å². The van der Waals surface area contributed by atoms with E-state index in [9.17, 15) is 9.59 Å². The Labute approximate surface area is 180 Å². The molecule has 3 N–H and O–H groups in total. The van der Waals surface area contributed by atoms with Crippen LogP contribution in [-0.4, -0.2) is 16.8 Å². The molecule has 0 fully saturated rings. The molecular weight excluding hydrogens is 386 g/mol. The lowest BCUT2D eigenvalue weighted by molar-refractivity contribution is 0.0998. The van der Waals surface area contributed by atoms with Crippen LogP contribution < -0.4 is 11.1 Å². The lowest BCUT2D eigenvalue weighted by Crippen LogP contribution is -2.14. The Hall–Kier alpha value is -3.99. The lowest BCUT2D eigenvalue weighted by Gasteiger charge is -2.12. The summed E-state index contributed by atoms with van der Waals surface area (Å²) in [6.07, 6.45) is 0. The fraction of sp³-hybridized carbons (Fsp3) is 0.115. The van der Waals surface area contributed by atoms with Gasteiger partial charge in [0.05, 0.1) is 16.8 Å². The van der Waals surface area contributed by atoms with E-state index >= 15 is 0 Å². The number of pyridine rings is 1. The van der Waals surface area contributed by atoms with Crippen LogP contribution in [0.25, 0.3) is 22.2 Å². The van der Waals surface area contributed by atoms with E-state index in [1.54, 1.807) is 24.3 Å². The van der Waals surface area contributed by atoms with Crippen molar-refractivity contribution in [1.29, 1.82) is 0 Å². The zero-order valence-electron chi connectivity index (χ0n) is 17.4. The molecule has 0 radical (unpaired) electrons. The molecule has 0 aliphatic carbocycles. The van der Waals surface area contributed by atoms with Crippen LogP contribution in [-0.2, 0) is 0 Å². The Morgan fingerprint density at radius 2 is 1.58 bits per heavy atom. The van der Waals surface area contributed by atoms with Crippen molar-refractivity contribution in [2.45, 2.75) is 19.8 Å². The number of para-hydroxylation sites is 1. The molecule has 0 aliphatic rings. The van der Waals surface area contributed by atoms with E-state index < -0.39 is 5.91 Å². The van der Waals surface area contributed by atoms with Crippen LogP contribution in [0.2, 0.25) is 0 Å². The molecule has 2 amide bonds. The summed E-state index contributed by atoms with van der Waals surface area (Å²) < 4.78 is 0. The maximum atomic E-state index is 13.1. The van der Waals surface area contributed by atoms with E-state index in [2.05, 4.69) is 31.3 Å². The van der Waals surface area contributed by atoms with Crippen LogP contribution in [0, 0.1) is 0 Å². The first kappa shape index (κ1) is 20.3. The summed E-state index contributed by atoms with van der Waals surface area (Å²) in [7, 11) is 0. The molecule has 5 nitrogen and oxygen atoms in total. The van der Waals surface area contributed by atoms with Gasteiger partial charge in [-0.15, -0.1) is 0 Å². The molecule has 4 aromatic rings. The average molecular weight is 409 g/mol. The largest absolute Gasteiger partial charge is 0.366 e. The topological polar surface area (TPSA) is 85.1 Å². The molecule has 0 saturated carbocycles. The minimum Gasteiger partial charge on any atom is -0.366 e. The predicted molar refractivity (Wildman–Crippen MR) is 124 cm³/mol. The predicted octanol–water partition coefficient (Wildman–Crippen LogP) is 5.38. The number of nitrogens with one attached hydrogen (secondary N) is 1. The molecule has 154 valence electrons. The van der Waals surface area contributed by atoms with Crippen molar-refractivity contribution in [3.63, 3.8) is 0 Å². The third-order valence-electron chi connectivity index (χ3n) is 5.26. The van der Waals surface area contributed by atoms with Gasteiger partial charge in [0.15, 0.2) is 0 Å². The van der Waals surface area contributed by atoms with Crippen LogP contribution in [0.1, 0.15) is 46.0 Å². The summed E-state index contributed by atoms with van der Waals surface area (Å²) >= 11 is 0. The average Bonchev–Trinajstić information content (AvgIpc) is 2.78. The number of primary amides is 1. The van der Waals surface area contributed by atoms with Crippen LogP contribution in [0.3, 0.4) is 0 Å². The standard InChI is InChI=1S/C26H23N3O2/c1-16(2)17-7-9-18(10-8-17)24-15-22(21-5-3-4-6-23(21)29-24)26(31)28-20-13-11-19(12-14-20)25(27)30/h3-16H,1-2H3,(H2,27,30)(H,28,31). The highest BCUT2D eigenvalue weighted by Crippen LogP contribution is 2.27. The van der Waals surface area contributed by atoms with Gasteiger partial charge in [0.1, 0.15) is 0 Å². The highest BCUT2D eigenvalue weighted by atomic mass is 16.2. The van der Waals surface area contributed by atoms with Crippen molar-refractivity contribution in [3.8, 4) is 11.3 Å². The number of hydrogen-bond donors (Lipinski definition) is 2. The highest BCUT2D eigenvalue weighted by Gasteiger charge is 2.15. The summed E-state index contributed by atoms with van der Waals surface area (Å²) in [5.41, 5.74) is 10.5. The zero-order valence-corrected chi connectivity index (χ0v) is 17.4. The maximum Gasteiger partial charge on any atom is 0.256 e. The normalized spacial score (nSPS) is 10.9. The molecule has 31 heavy (non-hydrogen) atoms. The van der Waals surface area contributed by atoms with Crippen molar-refractivity contribution < 1.29 is 9.59 Å². The van der Waals surface area contributed by atoms with Gasteiger partial charge < -0.3 is 11.1 Å². The number of fused-ring (bicyclic) bond motifs is 1. The number of carbonyl (C=O) groups excluding carboxylic acids is 2. The van der Waals surface area contributed by atoms with Crippen LogP contribution in [0.5, 0.6) is 0 Å². The molecular formula is C26H23N3O2. The van der Waals surface area contributed by atoms with E-state index in [4.69, 9.17) is 10.7 Å². The molecule has 5 heteroatoms. The first-order valence-corrected chi connectivity index (χ1v) is 10.1. The van der Waals surface area contributed by atoms with E-state index in [0.29, 0.717) is 22.7 Å². The third kappa shape index (κ3) is 4.31. The summed E-state index contributed by atoms with van der Waals surface area (Å²) in [5.74, 6) is -0.308. The van der Waals surface area contributed by atoms with Crippen LogP contribution in [0.4, 0.5) is 5.69 Å². The maximum absolute atomic E-state index is 13.1. The number of amides is 2. The SMILES string of the molecule is CC(C)c1ccc(-c2cc(C(=O)Nc3ccc(C(N)=O)cc3)c3ccccc3n2)cc1. The summed E-state index contributed by atoms with van der Waals surface area (Å²) in [4.78, 5) is 29.2. The fourth-order valence-electron chi connectivity index (χ4n) is 3.47. The smallest absolute Gasteiger partial charge is 0.256 e. The van der Waals surface area contributed by atoms with Gasteiger partial charge in [-0.1, -0.05) is 56.3 Å². The molecule has 0 unspecified atom stereocenters. The Morgan fingerprint density at radius 3 is 2.23 bits per heavy atom. The van der Waals surface area contributed by atoms with Crippen molar-refractivity contribution in [2.24, 2.45) is 5.73 Å². The second kappa shape index (κ2) is 8.40. The summed E-state index contributed by atoms with van der Waals surface area (Å²) in [5, 5.41) is 3.67. The minimum atomic E-state index is -0.508. The van der Waals surface area contributed by atoms with Gasteiger partial charge in [0.25, 0.3) is 5.91 Å². The number of aromatic nitrogens is 1. The third-order valence-corrected chi connectivity index (χ3v) is 5.26. The van der Waals surface area contributed by atoms with E-state index in [0.717, 1.165) is 22.2 Å². The van der Waals surface area contributed by atoms with E-state index in [1.165, 1.54) is 5.56 Å². The minimum absolute atomic E-state index is 0.245. The Morgan fingerprint density at radius 1 is 0.903 bits per heavy atom. The van der Waals surface area contributed by atoms with E-state index in [1.807, 2.05) is 42.5 Å². The van der Waals surface area contributed by atoms with Gasteiger partial charge in [-0.05, 0) is 47.9 Å². The summed E-state index contributed by atoms with van der Waals surface area (Å²) in [6.45, 7) is 4.31. The van der Waals surface area contributed by atoms with Gasteiger partial charge in [-0.2, -0.15) is 0 Å². The Balaban J connectivity index is 1.72. The molecule has 1 aromatic heterocycles. The number of hydrogen-bond acceptors (Lipinski definition) is 3. The molecule has 1 heterocycles. The van der Waals surface area contributed by atoms with Crippen molar-refractivity contribution >= 4 is 28.4 Å². The first-order valence-electron chi connectivity index (χ1n) is 10.1. The summed E-state index contributed by atoms with van der Waals surface area (Å²) in [6, 6.07) is 24.2. The Bertz CT molecular complexity index is 1260. The molecule has 0 aliphatic heterocycles. The molecule has 0 bridgehead atoms. The second-order valence-electron chi connectivity index (χ2n) is 7.74. The van der Waals surface area contributed by atoms with Crippen molar-refractivity contribution in [3.05, 3.63) is 95.6 Å². The van der Waals surface area contributed by atoms with Gasteiger partial charge in [-0.25, -0.2) is 4.98 Å². The number of nitrogens with two attached hydrogens (primary N) is 1. The number of nitrogens with zero attached hydrogens (tertiary/aromatic N) is 1. The highest BCUT2D eigenvalue weighted by molar-refractivity contribution is 6.13. The number of anilines is 1. The van der Waals surface area contributed by atoms with Crippen molar-refractivity contribution in [2.75, 3.05) is 5.32 Å². The van der Waals surface area contributed by atoms with Gasteiger partial charge in [0.2, 0.25) is 5.91 Å². The molecule has 0 spiro atoms. The molecule has 3 aromatic carbocycles. The zero-order chi connectivity index (χ0) is 22.0. The second-order valence-corrected chi connectivity index (χ2v) is 7.74. The molecule has 0 atom stereocenters. The molecule has 0 saturated heterocycles. The van der Waals surface area contributed by atoms with Gasteiger partial charge >= 0.3 is 0 Å². The quantitative estimate of drug-likeness (QED) is 0.464. The Kier molecular flexibility index (Phi) is 5.50.